The van der Waals surface area contributed by atoms with Crippen LogP contribution in [-0.2, 0) is 21.1 Å². The maximum Gasteiger partial charge on any atom is 0.321 e. The average Bonchev–Trinajstić information content (AvgIpc) is 3.01. The largest absolute Gasteiger partial charge is 0.492 e. The van der Waals surface area contributed by atoms with E-state index in [1.54, 1.807) is 0 Å². The van der Waals surface area contributed by atoms with Gasteiger partial charge in [0, 0.05) is 0 Å². The molecular weight excluding hydrogens is 354 g/mol. The fourth-order valence-corrected chi connectivity index (χ4v) is 2.79. The van der Waals surface area contributed by atoms with Gasteiger partial charge in [0.25, 0.3) is 0 Å². The Morgan fingerprint density at radius 1 is 1.39 bits per heavy atom. The summed E-state index contributed by atoms with van der Waals surface area (Å²) in [5.74, 6) is -0.371. The molecule has 0 saturated carbocycles. The van der Waals surface area contributed by atoms with Gasteiger partial charge in [0.15, 0.2) is 23.6 Å². The topological polar surface area (TPSA) is 143 Å². The van der Waals surface area contributed by atoms with Crippen LogP contribution in [0, 0.1) is 0 Å². The molecule has 126 valence electrons. The number of aliphatic hydroxyl groups excluding tert-OH is 1. The first kappa shape index (κ1) is 16.6. The molecule has 1 aliphatic rings. The Balaban J connectivity index is 1.85. The van der Waals surface area contributed by atoms with Crippen molar-refractivity contribution in [3.8, 4) is 5.88 Å². The minimum Gasteiger partial charge on any atom is -0.492 e. The third kappa shape index (κ3) is 3.19. The molecule has 4 atom stereocenters. The third-order valence-corrected chi connectivity index (χ3v) is 4.12. The molecule has 0 bridgehead atoms. The van der Waals surface area contributed by atoms with Crippen LogP contribution in [0.2, 0.25) is 0 Å². The van der Waals surface area contributed by atoms with E-state index in [0.717, 1.165) is 6.33 Å². The SMILES string of the molecule is Oc1ncnc2c1ncn2[C@@H]1O[C@H](COP(O)(O)=S)[C@@H](O)[C@H]1F. The maximum atomic E-state index is 14.3. The first-order valence-corrected chi connectivity index (χ1v) is 8.94. The Morgan fingerprint density at radius 3 is 2.83 bits per heavy atom. The highest BCUT2D eigenvalue weighted by Gasteiger charge is 2.46. The van der Waals surface area contributed by atoms with Crippen LogP contribution in [0.4, 0.5) is 4.39 Å². The van der Waals surface area contributed by atoms with Crippen LogP contribution >= 0.6 is 6.72 Å². The van der Waals surface area contributed by atoms with Crippen molar-refractivity contribution < 1.29 is 33.7 Å². The van der Waals surface area contributed by atoms with Crippen LogP contribution in [0.1, 0.15) is 6.23 Å². The van der Waals surface area contributed by atoms with E-state index in [1.165, 1.54) is 10.9 Å². The molecule has 0 aliphatic carbocycles. The maximum absolute atomic E-state index is 14.3. The normalized spacial score (nSPS) is 28.5. The molecule has 10 nitrogen and oxygen atoms in total. The quantitative estimate of drug-likeness (QED) is 0.516. The first-order chi connectivity index (χ1) is 10.8. The lowest BCUT2D eigenvalue weighted by Gasteiger charge is -2.16. The van der Waals surface area contributed by atoms with E-state index in [4.69, 9.17) is 14.5 Å². The van der Waals surface area contributed by atoms with E-state index in [2.05, 4.69) is 31.3 Å². The van der Waals surface area contributed by atoms with E-state index in [-0.39, 0.29) is 17.0 Å². The van der Waals surface area contributed by atoms with E-state index < -0.39 is 37.9 Å². The van der Waals surface area contributed by atoms with Crippen molar-refractivity contribution in [3.05, 3.63) is 12.7 Å². The lowest BCUT2D eigenvalue weighted by atomic mass is 10.1. The number of rotatable bonds is 4. The standard InChI is InChI=1S/C10H12FN4O6PS/c11-5-7(16)4(1-20-22(18,19)23)21-10(5)15-3-14-6-8(15)12-2-13-9(6)17/h2-5,7,10,16H,1H2,(H,12,13,17)(H2,18,19,23)/t4-,5-,7-,10-/m1/s1. The van der Waals surface area contributed by atoms with Crippen molar-refractivity contribution in [3.63, 3.8) is 0 Å². The Morgan fingerprint density at radius 2 is 2.13 bits per heavy atom. The summed E-state index contributed by atoms with van der Waals surface area (Å²) in [4.78, 5) is 29.4. The van der Waals surface area contributed by atoms with Crippen LogP contribution in [0.25, 0.3) is 11.2 Å². The van der Waals surface area contributed by atoms with Gasteiger partial charge in [0.1, 0.15) is 18.5 Å². The minimum absolute atomic E-state index is 0.0544. The predicted molar refractivity (Wildman–Crippen MR) is 76.5 cm³/mol. The molecule has 0 spiro atoms. The second-order valence-corrected chi connectivity index (χ2v) is 7.47. The number of alkyl halides is 1. The molecule has 0 unspecified atom stereocenters. The zero-order chi connectivity index (χ0) is 16.8. The fraction of sp³-hybridized carbons (Fsp3) is 0.500. The van der Waals surface area contributed by atoms with Gasteiger partial charge >= 0.3 is 6.72 Å². The van der Waals surface area contributed by atoms with E-state index in [0.29, 0.717) is 0 Å². The Bertz CT molecular complexity index is 771. The number of aromatic hydroxyl groups is 1. The fourth-order valence-electron chi connectivity index (χ4n) is 2.26. The van der Waals surface area contributed by atoms with Gasteiger partial charge in [-0.05, 0) is 11.8 Å². The molecule has 3 heterocycles. The summed E-state index contributed by atoms with van der Waals surface area (Å²) in [6.45, 7) is -4.43. The zero-order valence-electron chi connectivity index (χ0n) is 11.3. The second kappa shape index (κ2) is 5.98. The zero-order valence-corrected chi connectivity index (χ0v) is 13.0. The van der Waals surface area contributed by atoms with Gasteiger partial charge in [-0.25, -0.2) is 14.4 Å². The summed E-state index contributed by atoms with van der Waals surface area (Å²) in [6, 6.07) is 0. The molecule has 3 rings (SSSR count). The molecule has 1 saturated heterocycles. The van der Waals surface area contributed by atoms with Gasteiger partial charge in [0.2, 0.25) is 5.88 Å². The van der Waals surface area contributed by atoms with Crippen molar-refractivity contribution in [2.75, 3.05) is 6.61 Å². The van der Waals surface area contributed by atoms with E-state index in [9.17, 15) is 14.6 Å². The van der Waals surface area contributed by atoms with Gasteiger partial charge in [-0.1, -0.05) is 0 Å². The smallest absolute Gasteiger partial charge is 0.321 e. The van der Waals surface area contributed by atoms with Crippen LogP contribution in [-0.4, -0.2) is 64.5 Å². The molecule has 0 radical (unpaired) electrons. The summed E-state index contributed by atoms with van der Waals surface area (Å²) < 4.78 is 25.5. The van der Waals surface area contributed by atoms with Crippen LogP contribution in [0.5, 0.6) is 5.88 Å². The Kier molecular flexibility index (Phi) is 4.31. The first-order valence-electron chi connectivity index (χ1n) is 6.32. The number of aromatic nitrogens is 4. The number of fused-ring (bicyclic) bond motifs is 1. The number of hydrogen-bond donors (Lipinski definition) is 4. The monoisotopic (exact) mass is 366 g/mol. The summed E-state index contributed by atoms with van der Waals surface area (Å²) >= 11 is 4.28. The minimum atomic E-state index is -3.94. The van der Waals surface area contributed by atoms with Gasteiger partial charge < -0.3 is 29.3 Å². The van der Waals surface area contributed by atoms with Crippen molar-refractivity contribution in [1.82, 2.24) is 19.5 Å². The number of hydrogen-bond acceptors (Lipinski definition) is 8. The van der Waals surface area contributed by atoms with Gasteiger partial charge in [-0.15, -0.1) is 0 Å². The molecule has 2 aromatic rings. The molecule has 0 amide bonds. The Labute approximate surface area is 133 Å². The lowest BCUT2D eigenvalue weighted by Crippen LogP contribution is -2.31. The summed E-state index contributed by atoms with van der Waals surface area (Å²) in [7, 11) is 0. The van der Waals surface area contributed by atoms with Crippen LogP contribution in [0.3, 0.4) is 0 Å². The molecule has 23 heavy (non-hydrogen) atoms. The molecule has 0 aromatic carbocycles. The second-order valence-electron chi connectivity index (χ2n) is 4.81. The molecular formula is C10H12FN4O6PS. The number of nitrogens with zero attached hydrogens (tertiary/aromatic N) is 4. The van der Waals surface area contributed by atoms with Crippen molar-refractivity contribution >= 4 is 29.7 Å². The number of halogens is 1. The molecule has 4 N–H and O–H groups in total. The van der Waals surface area contributed by atoms with Crippen molar-refractivity contribution in [1.29, 1.82) is 0 Å². The van der Waals surface area contributed by atoms with Gasteiger partial charge in [-0.2, -0.15) is 4.98 Å². The summed E-state index contributed by atoms with van der Waals surface area (Å²) in [5, 5.41) is 19.4. The highest BCUT2D eigenvalue weighted by Crippen LogP contribution is 2.40. The number of aliphatic hydroxyl groups is 1. The predicted octanol–water partition coefficient (Wildman–Crippen LogP) is -0.646. The number of ether oxygens (including phenoxy) is 1. The van der Waals surface area contributed by atoms with Gasteiger partial charge in [0.05, 0.1) is 12.9 Å². The summed E-state index contributed by atoms with van der Waals surface area (Å²) in [6.07, 6.45) is -3.61. The lowest BCUT2D eigenvalue weighted by molar-refractivity contribution is -0.0429. The average molecular weight is 366 g/mol. The van der Waals surface area contributed by atoms with Crippen LogP contribution < -0.4 is 0 Å². The highest BCUT2D eigenvalue weighted by atomic mass is 32.5. The molecule has 1 fully saturated rings. The van der Waals surface area contributed by atoms with E-state index in [1.807, 2.05) is 0 Å². The highest BCUT2D eigenvalue weighted by molar-refractivity contribution is 8.06. The third-order valence-electron chi connectivity index (χ3n) is 3.31. The van der Waals surface area contributed by atoms with Gasteiger partial charge in [-0.3, -0.25) is 4.57 Å². The molecule has 2 aromatic heterocycles. The Hall–Kier alpha value is -1.27. The van der Waals surface area contributed by atoms with E-state index >= 15 is 0 Å². The summed E-state index contributed by atoms with van der Waals surface area (Å²) in [5.41, 5.74) is 0.173. The number of imidazole rings is 1. The molecule has 13 heteroatoms. The van der Waals surface area contributed by atoms with Crippen molar-refractivity contribution in [2.45, 2.75) is 24.6 Å². The molecule has 1 aliphatic heterocycles. The van der Waals surface area contributed by atoms with Crippen molar-refractivity contribution in [2.24, 2.45) is 0 Å². The van der Waals surface area contributed by atoms with Crippen LogP contribution in [0.15, 0.2) is 12.7 Å².